The van der Waals surface area contributed by atoms with Gasteiger partial charge in [0.1, 0.15) is 0 Å². The summed E-state index contributed by atoms with van der Waals surface area (Å²) in [6.07, 6.45) is 3.27. The van der Waals surface area contributed by atoms with Crippen LogP contribution in [0, 0.1) is 19.8 Å². The van der Waals surface area contributed by atoms with Crippen molar-refractivity contribution in [1.82, 2.24) is 20.4 Å². The maximum atomic E-state index is 12.0. The molecule has 2 N–H and O–H groups in total. The van der Waals surface area contributed by atoms with Gasteiger partial charge < -0.3 is 10.6 Å². The summed E-state index contributed by atoms with van der Waals surface area (Å²) in [5.41, 5.74) is 3.75. The van der Waals surface area contributed by atoms with Gasteiger partial charge in [0.05, 0.1) is 11.4 Å². The Balaban J connectivity index is 1.95. The second-order valence-electron chi connectivity index (χ2n) is 6.40. The van der Waals surface area contributed by atoms with Crippen LogP contribution in [0.15, 0.2) is 36.4 Å². The van der Waals surface area contributed by atoms with Gasteiger partial charge in [-0.15, -0.1) is 0 Å². The number of para-hydroxylation sites is 1. The molecular formula is C20H26N4O2. The number of nitrogens with one attached hydrogen (secondary N) is 2. The zero-order valence-electron chi connectivity index (χ0n) is 15.7. The van der Waals surface area contributed by atoms with Crippen LogP contribution in [0.5, 0.6) is 0 Å². The molecule has 0 saturated heterocycles. The van der Waals surface area contributed by atoms with Gasteiger partial charge in [0.25, 0.3) is 0 Å². The predicted octanol–water partition coefficient (Wildman–Crippen LogP) is 2.39. The third-order valence-corrected chi connectivity index (χ3v) is 4.00. The number of nitrogens with zero attached hydrogens (tertiary/aromatic N) is 2. The van der Waals surface area contributed by atoms with Gasteiger partial charge in [0.2, 0.25) is 11.8 Å². The van der Waals surface area contributed by atoms with Crippen LogP contribution < -0.4 is 10.6 Å². The predicted molar refractivity (Wildman–Crippen MR) is 103 cm³/mol. The second kappa shape index (κ2) is 8.99. The molecule has 2 aromatic rings. The lowest BCUT2D eigenvalue weighted by atomic mass is 10.2. The lowest BCUT2D eigenvalue weighted by molar-refractivity contribution is -0.124. The van der Waals surface area contributed by atoms with E-state index in [4.69, 9.17) is 0 Å². The lowest BCUT2D eigenvalue weighted by Gasteiger charge is -2.07. The van der Waals surface area contributed by atoms with Crippen LogP contribution in [0.1, 0.15) is 30.8 Å². The Morgan fingerprint density at radius 1 is 1.12 bits per heavy atom. The minimum absolute atomic E-state index is 0.0191. The molecular weight excluding hydrogens is 328 g/mol. The Bertz CT molecular complexity index is 792. The van der Waals surface area contributed by atoms with E-state index in [1.807, 2.05) is 62.7 Å². The van der Waals surface area contributed by atoms with Crippen LogP contribution >= 0.6 is 0 Å². The molecule has 26 heavy (non-hydrogen) atoms. The third kappa shape index (κ3) is 5.05. The van der Waals surface area contributed by atoms with Crippen molar-refractivity contribution in [3.8, 4) is 5.69 Å². The summed E-state index contributed by atoms with van der Waals surface area (Å²) >= 11 is 0. The van der Waals surface area contributed by atoms with Gasteiger partial charge >= 0.3 is 0 Å². The summed E-state index contributed by atoms with van der Waals surface area (Å²) in [5.74, 6) is -0.276. The highest BCUT2D eigenvalue weighted by Crippen LogP contribution is 2.18. The van der Waals surface area contributed by atoms with Crippen LogP contribution in [0.3, 0.4) is 0 Å². The first-order valence-electron chi connectivity index (χ1n) is 8.75. The van der Waals surface area contributed by atoms with E-state index in [1.165, 1.54) is 6.08 Å². The average molecular weight is 354 g/mol. The molecule has 0 aliphatic rings. The van der Waals surface area contributed by atoms with Gasteiger partial charge in [0.15, 0.2) is 0 Å². The fraction of sp³-hybridized carbons (Fsp3) is 0.350. The number of benzene rings is 1. The Morgan fingerprint density at radius 3 is 2.42 bits per heavy atom. The van der Waals surface area contributed by atoms with Crippen LogP contribution in [0.25, 0.3) is 11.8 Å². The number of aryl methyl sites for hydroxylation is 1. The quantitative estimate of drug-likeness (QED) is 0.592. The van der Waals surface area contributed by atoms with Crippen molar-refractivity contribution in [3.05, 3.63) is 53.4 Å². The highest BCUT2D eigenvalue weighted by atomic mass is 16.2. The third-order valence-electron chi connectivity index (χ3n) is 4.00. The van der Waals surface area contributed by atoms with Crippen molar-refractivity contribution in [2.75, 3.05) is 13.1 Å². The molecule has 0 atom stereocenters. The molecule has 6 nitrogen and oxygen atoms in total. The minimum Gasteiger partial charge on any atom is -0.354 e. The minimum atomic E-state index is -0.199. The van der Waals surface area contributed by atoms with E-state index in [0.717, 1.165) is 22.6 Å². The van der Waals surface area contributed by atoms with Gasteiger partial charge in [-0.1, -0.05) is 32.0 Å². The van der Waals surface area contributed by atoms with Gasteiger partial charge in [-0.2, -0.15) is 5.10 Å². The van der Waals surface area contributed by atoms with Crippen molar-refractivity contribution in [2.24, 2.45) is 5.92 Å². The summed E-state index contributed by atoms with van der Waals surface area (Å²) in [5, 5.41) is 10.1. The largest absolute Gasteiger partial charge is 0.354 e. The molecule has 2 amide bonds. The molecule has 0 bridgehead atoms. The molecule has 0 aliphatic carbocycles. The number of hydrogen-bond acceptors (Lipinski definition) is 3. The first-order valence-corrected chi connectivity index (χ1v) is 8.75. The second-order valence-corrected chi connectivity index (χ2v) is 6.40. The summed E-state index contributed by atoms with van der Waals surface area (Å²) in [6.45, 7) is 8.37. The zero-order chi connectivity index (χ0) is 19.1. The summed E-state index contributed by atoms with van der Waals surface area (Å²) in [7, 11) is 0. The molecule has 0 unspecified atom stereocenters. The van der Waals surface area contributed by atoms with Gasteiger partial charge in [-0.05, 0) is 32.1 Å². The molecule has 0 spiro atoms. The number of aromatic nitrogens is 2. The van der Waals surface area contributed by atoms with E-state index in [-0.39, 0.29) is 17.7 Å². The molecule has 138 valence electrons. The van der Waals surface area contributed by atoms with Crippen LogP contribution in [-0.2, 0) is 9.59 Å². The van der Waals surface area contributed by atoms with Gasteiger partial charge in [-0.25, -0.2) is 4.68 Å². The van der Waals surface area contributed by atoms with E-state index in [2.05, 4.69) is 15.7 Å². The molecule has 2 rings (SSSR count). The number of amides is 2. The van der Waals surface area contributed by atoms with Crippen molar-refractivity contribution in [2.45, 2.75) is 27.7 Å². The van der Waals surface area contributed by atoms with Crippen LogP contribution in [0.4, 0.5) is 0 Å². The van der Waals surface area contributed by atoms with E-state index in [1.54, 1.807) is 6.08 Å². The van der Waals surface area contributed by atoms with Crippen molar-refractivity contribution >= 4 is 17.9 Å². The SMILES string of the molecule is Cc1nn(-c2ccccc2)c(C)c1C=CC(=O)NCCNC(=O)C(C)C. The van der Waals surface area contributed by atoms with E-state index in [0.29, 0.717) is 13.1 Å². The highest BCUT2D eigenvalue weighted by Gasteiger charge is 2.10. The standard InChI is InChI=1S/C20H26N4O2/c1-14(2)20(26)22-13-12-21-19(25)11-10-18-15(3)23-24(16(18)4)17-8-6-5-7-9-17/h5-11,14H,12-13H2,1-4H3,(H,21,25)(H,22,26). The zero-order valence-corrected chi connectivity index (χ0v) is 15.7. The molecule has 1 aromatic heterocycles. The fourth-order valence-electron chi connectivity index (χ4n) is 2.51. The number of carbonyl (C=O) groups is 2. The van der Waals surface area contributed by atoms with Crippen LogP contribution in [0.2, 0.25) is 0 Å². The Hall–Kier alpha value is -2.89. The topological polar surface area (TPSA) is 76.0 Å². The summed E-state index contributed by atoms with van der Waals surface area (Å²) in [6, 6.07) is 9.87. The van der Waals surface area contributed by atoms with Crippen molar-refractivity contribution in [3.63, 3.8) is 0 Å². The highest BCUT2D eigenvalue weighted by molar-refractivity contribution is 5.92. The monoisotopic (exact) mass is 354 g/mol. The van der Waals surface area contributed by atoms with Crippen molar-refractivity contribution in [1.29, 1.82) is 0 Å². The van der Waals surface area contributed by atoms with E-state index >= 15 is 0 Å². The normalized spacial score (nSPS) is 11.1. The van der Waals surface area contributed by atoms with Gasteiger partial charge in [0, 0.05) is 36.3 Å². The number of carbonyl (C=O) groups excluding carboxylic acids is 2. The van der Waals surface area contributed by atoms with Gasteiger partial charge in [-0.3, -0.25) is 9.59 Å². The summed E-state index contributed by atoms with van der Waals surface area (Å²) < 4.78 is 1.87. The molecule has 1 aromatic carbocycles. The van der Waals surface area contributed by atoms with E-state index < -0.39 is 0 Å². The molecule has 0 radical (unpaired) electrons. The maximum absolute atomic E-state index is 12.0. The van der Waals surface area contributed by atoms with Crippen LogP contribution in [-0.4, -0.2) is 34.7 Å². The lowest BCUT2D eigenvalue weighted by Crippen LogP contribution is -2.35. The maximum Gasteiger partial charge on any atom is 0.244 e. The first kappa shape index (κ1) is 19.4. The Labute approximate surface area is 154 Å². The molecule has 1 heterocycles. The van der Waals surface area contributed by atoms with Crippen molar-refractivity contribution < 1.29 is 9.59 Å². The number of hydrogen-bond donors (Lipinski definition) is 2. The summed E-state index contributed by atoms with van der Waals surface area (Å²) in [4.78, 5) is 23.4. The smallest absolute Gasteiger partial charge is 0.244 e. The molecule has 6 heteroatoms. The fourth-order valence-corrected chi connectivity index (χ4v) is 2.51. The van der Waals surface area contributed by atoms with E-state index in [9.17, 15) is 9.59 Å². The Morgan fingerprint density at radius 2 is 1.77 bits per heavy atom. The first-order chi connectivity index (χ1) is 12.4. The molecule has 0 aliphatic heterocycles. The number of rotatable bonds is 7. The Kier molecular flexibility index (Phi) is 6.72. The average Bonchev–Trinajstić information content (AvgIpc) is 2.91. The molecule has 0 saturated carbocycles. The molecule has 0 fully saturated rings.